The average Bonchev–Trinajstić information content (AvgIpc) is 2.41. The monoisotopic (exact) mass is 262 g/mol. The molecule has 1 saturated carbocycles. The molecule has 0 bridgehead atoms. The first kappa shape index (κ1) is 14.0. The van der Waals surface area contributed by atoms with E-state index in [1.165, 1.54) is 12.1 Å². The summed E-state index contributed by atoms with van der Waals surface area (Å²) in [6, 6.07) is 6.98. The molecule has 0 aromatic heterocycles. The van der Waals surface area contributed by atoms with Crippen LogP contribution in [0, 0.1) is 17.1 Å². The normalized spacial score (nSPS) is 24.7. The second kappa shape index (κ2) is 6.14. The number of halogens is 1. The summed E-state index contributed by atoms with van der Waals surface area (Å²) in [4.78, 5) is 0. The molecule has 0 heterocycles. The van der Waals surface area contributed by atoms with Crippen LogP contribution in [0.5, 0.6) is 0 Å². The molecule has 102 valence electrons. The van der Waals surface area contributed by atoms with E-state index in [2.05, 4.69) is 5.32 Å². The molecule has 4 heteroatoms. The highest BCUT2D eigenvalue weighted by molar-refractivity contribution is 5.34. The number of benzene rings is 1. The minimum atomic E-state index is -0.465. The highest BCUT2D eigenvalue weighted by atomic mass is 19.1. The van der Waals surface area contributed by atoms with Gasteiger partial charge in [-0.05, 0) is 50.3 Å². The smallest absolute Gasteiger partial charge is 0.141 e. The van der Waals surface area contributed by atoms with Crippen LogP contribution < -0.4 is 5.32 Å². The van der Waals surface area contributed by atoms with Gasteiger partial charge in [-0.15, -0.1) is 0 Å². The third kappa shape index (κ3) is 3.52. The van der Waals surface area contributed by atoms with Crippen LogP contribution in [0.1, 0.15) is 49.8 Å². The van der Waals surface area contributed by atoms with E-state index >= 15 is 0 Å². The quantitative estimate of drug-likeness (QED) is 0.880. The van der Waals surface area contributed by atoms with E-state index in [-0.39, 0.29) is 17.7 Å². The van der Waals surface area contributed by atoms with E-state index in [4.69, 9.17) is 5.26 Å². The summed E-state index contributed by atoms with van der Waals surface area (Å²) in [6.07, 6.45) is 3.38. The summed E-state index contributed by atoms with van der Waals surface area (Å²) in [5.41, 5.74) is 0.930. The van der Waals surface area contributed by atoms with Crippen LogP contribution in [0.2, 0.25) is 0 Å². The van der Waals surface area contributed by atoms with Gasteiger partial charge in [0.25, 0.3) is 0 Å². The Bertz CT molecular complexity index is 476. The highest BCUT2D eigenvalue weighted by Crippen LogP contribution is 2.22. The molecule has 1 atom stereocenters. The SMILES string of the molecule is CC(NC1CCC(O)CC1)c1ccc(C#N)c(F)c1. The first-order valence-corrected chi connectivity index (χ1v) is 6.74. The van der Waals surface area contributed by atoms with Gasteiger partial charge in [-0.2, -0.15) is 5.26 Å². The lowest BCUT2D eigenvalue weighted by Crippen LogP contribution is -2.36. The van der Waals surface area contributed by atoms with Crippen molar-refractivity contribution in [2.75, 3.05) is 0 Å². The predicted molar refractivity (Wildman–Crippen MR) is 70.9 cm³/mol. The molecule has 1 aromatic carbocycles. The van der Waals surface area contributed by atoms with Gasteiger partial charge in [0, 0.05) is 12.1 Å². The number of rotatable bonds is 3. The fourth-order valence-electron chi connectivity index (χ4n) is 2.58. The molecule has 0 aliphatic heterocycles. The number of hydrogen-bond acceptors (Lipinski definition) is 3. The summed E-state index contributed by atoms with van der Waals surface area (Å²) in [5.74, 6) is -0.465. The number of nitrogens with zero attached hydrogens (tertiary/aromatic N) is 1. The van der Waals surface area contributed by atoms with E-state index in [9.17, 15) is 9.50 Å². The largest absolute Gasteiger partial charge is 0.393 e. The summed E-state index contributed by atoms with van der Waals surface area (Å²) < 4.78 is 13.6. The van der Waals surface area contributed by atoms with Crippen molar-refractivity contribution in [3.63, 3.8) is 0 Å². The van der Waals surface area contributed by atoms with Crippen molar-refractivity contribution >= 4 is 0 Å². The average molecular weight is 262 g/mol. The van der Waals surface area contributed by atoms with Crippen LogP contribution >= 0.6 is 0 Å². The van der Waals surface area contributed by atoms with Crippen LogP contribution in [-0.2, 0) is 0 Å². The zero-order chi connectivity index (χ0) is 13.8. The van der Waals surface area contributed by atoms with Crippen LogP contribution in [-0.4, -0.2) is 17.3 Å². The topological polar surface area (TPSA) is 56.0 Å². The first-order valence-electron chi connectivity index (χ1n) is 6.74. The zero-order valence-corrected chi connectivity index (χ0v) is 11.1. The number of aliphatic hydroxyl groups is 1. The van der Waals surface area contributed by atoms with Crippen molar-refractivity contribution in [2.24, 2.45) is 0 Å². The molecule has 19 heavy (non-hydrogen) atoms. The third-order valence-electron chi connectivity index (χ3n) is 3.80. The number of aliphatic hydroxyl groups excluding tert-OH is 1. The summed E-state index contributed by atoms with van der Waals surface area (Å²) in [6.45, 7) is 1.99. The molecular weight excluding hydrogens is 243 g/mol. The van der Waals surface area contributed by atoms with Gasteiger partial charge in [0.15, 0.2) is 0 Å². The van der Waals surface area contributed by atoms with Gasteiger partial charge < -0.3 is 10.4 Å². The minimum Gasteiger partial charge on any atom is -0.393 e. The molecule has 2 N–H and O–H groups in total. The fraction of sp³-hybridized carbons (Fsp3) is 0.533. The number of nitriles is 1. The Morgan fingerprint density at radius 3 is 2.63 bits per heavy atom. The molecule has 1 aliphatic rings. The van der Waals surface area contributed by atoms with Crippen LogP contribution in [0.15, 0.2) is 18.2 Å². The lowest BCUT2D eigenvalue weighted by atomic mass is 9.92. The zero-order valence-electron chi connectivity index (χ0n) is 11.1. The molecule has 0 spiro atoms. The Morgan fingerprint density at radius 1 is 1.37 bits per heavy atom. The maximum absolute atomic E-state index is 13.6. The Kier molecular flexibility index (Phi) is 4.52. The van der Waals surface area contributed by atoms with Gasteiger partial charge >= 0.3 is 0 Å². The van der Waals surface area contributed by atoms with E-state index in [1.807, 2.05) is 13.0 Å². The van der Waals surface area contributed by atoms with Crippen LogP contribution in [0.4, 0.5) is 4.39 Å². The summed E-state index contributed by atoms with van der Waals surface area (Å²) in [7, 11) is 0. The molecule has 0 amide bonds. The molecule has 3 nitrogen and oxygen atoms in total. The van der Waals surface area contributed by atoms with Crippen molar-refractivity contribution in [2.45, 2.75) is 50.8 Å². The van der Waals surface area contributed by atoms with E-state index < -0.39 is 5.82 Å². The highest BCUT2D eigenvalue weighted by Gasteiger charge is 2.21. The van der Waals surface area contributed by atoms with Crippen molar-refractivity contribution in [1.29, 1.82) is 5.26 Å². The van der Waals surface area contributed by atoms with Crippen molar-refractivity contribution in [3.8, 4) is 6.07 Å². The van der Waals surface area contributed by atoms with Crippen LogP contribution in [0.25, 0.3) is 0 Å². The Morgan fingerprint density at radius 2 is 2.05 bits per heavy atom. The van der Waals surface area contributed by atoms with E-state index in [1.54, 1.807) is 6.07 Å². The second-order valence-electron chi connectivity index (χ2n) is 5.24. The molecule has 1 fully saturated rings. The molecule has 1 aliphatic carbocycles. The third-order valence-corrected chi connectivity index (χ3v) is 3.80. The van der Waals surface area contributed by atoms with Gasteiger partial charge in [-0.3, -0.25) is 0 Å². The van der Waals surface area contributed by atoms with Crippen molar-refractivity contribution < 1.29 is 9.50 Å². The number of nitrogens with one attached hydrogen (secondary N) is 1. The van der Waals surface area contributed by atoms with Crippen LogP contribution in [0.3, 0.4) is 0 Å². The fourth-order valence-corrected chi connectivity index (χ4v) is 2.58. The van der Waals surface area contributed by atoms with Crippen molar-refractivity contribution in [3.05, 3.63) is 35.1 Å². The molecule has 1 unspecified atom stereocenters. The Labute approximate surface area is 113 Å². The van der Waals surface area contributed by atoms with E-state index in [0.717, 1.165) is 31.2 Å². The molecule has 0 radical (unpaired) electrons. The second-order valence-corrected chi connectivity index (χ2v) is 5.24. The lowest BCUT2D eigenvalue weighted by molar-refractivity contribution is 0.114. The molecule has 0 saturated heterocycles. The summed E-state index contributed by atoms with van der Waals surface area (Å²) in [5, 5.41) is 21.6. The van der Waals surface area contributed by atoms with E-state index in [0.29, 0.717) is 6.04 Å². The standard InChI is InChI=1S/C15H19FN2O/c1-10(18-13-4-6-14(19)7-5-13)11-2-3-12(9-17)15(16)8-11/h2-3,8,10,13-14,18-19H,4-7H2,1H3. The maximum Gasteiger partial charge on any atom is 0.141 e. The van der Waals surface area contributed by atoms with Crippen molar-refractivity contribution in [1.82, 2.24) is 5.32 Å². The maximum atomic E-state index is 13.6. The van der Waals surface area contributed by atoms with Gasteiger partial charge in [-0.1, -0.05) is 6.07 Å². The molecular formula is C15H19FN2O. The van der Waals surface area contributed by atoms with Gasteiger partial charge in [0.05, 0.1) is 11.7 Å². The molecule has 1 aromatic rings. The molecule has 2 rings (SSSR count). The summed E-state index contributed by atoms with van der Waals surface area (Å²) >= 11 is 0. The Balaban J connectivity index is 1.98. The van der Waals surface area contributed by atoms with Gasteiger partial charge in [0.2, 0.25) is 0 Å². The Hall–Kier alpha value is -1.44. The minimum absolute atomic E-state index is 0.0440. The predicted octanol–water partition coefficient (Wildman–Crippen LogP) is 2.65. The van der Waals surface area contributed by atoms with Gasteiger partial charge in [-0.25, -0.2) is 4.39 Å². The first-order chi connectivity index (χ1) is 9.10. The number of hydrogen-bond donors (Lipinski definition) is 2. The lowest BCUT2D eigenvalue weighted by Gasteiger charge is -2.29. The van der Waals surface area contributed by atoms with Gasteiger partial charge in [0.1, 0.15) is 11.9 Å².